The van der Waals surface area contributed by atoms with Crippen molar-refractivity contribution in [1.82, 2.24) is 9.88 Å². The lowest BCUT2D eigenvalue weighted by Gasteiger charge is -2.31. The van der Waals surface area contributed by atoms with Gasteiger partial charge >= 0.3 is 0 Å². The quantitative estimate of drug-likeness (QED) is 0.348. The molecule has 0 fully saturated rings. The minimum absolute atomic E-state index is 0.0552. The first kappa shape index (κ1) is 16.9. The first-order valence-electron chi connectivity index (χ1n) is 7.05. The minimum Gasteiger partial charge on any atom is -0.409 e. The Morgan fingerprint density at radius 2 is 2.24 bits per heavy atom. The van der Waals surface area contributed by atoms with E-state index in [9.17, 15) is 4.79 Å². The average molecular weight is 292 g/mol. The highest BCUT2D eigenvalue weighted by Crippen LogP contribution is 2.24. The maximum atomic E-state index is 12.7. The second-order valence-electron chi connectivity index (χ2n) is 5.67. The van der Waals surface area contributed by atoms with Crippen molar-refractivity contribution in [2.75, 3.05) is 6.54 Å². The fraction of sp³-hybridized carbons (Fsp3) is 0.533. The number of amides is 1. The molecule has 3 N–H and O–H groups in total. The van der Waals surface area contributed by atoms with Gasteiger partial charge < -0.3 is 15.8 Å². The highest BCUT2D eigenvalue weighted by Gasteiger charge is 2.30. The lowest BCUT2D eigenvalue weighted by molar-refractivity contribution is -0.141. The predicted octanol–water partition coefficient (Wildman–Crippen LogP) is 1.98. The summed E-state index contributed by atoms with van der Waals surface area (Å²) in [5.74, 6) is 0.174. The van der Waals surface area contributed by atoms with Crippen LogP contribution in [0.1, 0.15) is 39.2 Å². The van der Waals surface area contributed by atoms with Gasteiger partial charge in [0.2, 0.25) is 5.91 Å². The number of oxime groups is 1. The SMILES string of the molecule is CCC(C)(C)C(=O)N(CCC(N)=NO)Cc1cccnc1. The van der Waals surface area contributed by atoms with Gasteiger partial charge in [-0.05, 0) is 18.1 Å². The van der Waals surface area contributed by atoms with E-state index >= 15 is 0 Å². The number of aromatic nitrogens is 1. The second-order valence-corrected chi connectivity index (χ2v) is 5.67. The van der Waals surface area contributed by atoms with Crippen molar-refractivity contribution in [1.29, 1.82) is 0 Å². The molecule has 6 heteroatoms. The van der Waals surface area contributed by atoms with Crippen LogP contribution in [0.5, 0.6) is 0 Å². The lowest BCUT2D eigenvalue weighted by atomic mass is 9.88. The number of rotatable bonds is 7. The van der Waals surface area contributed by atoms with Gasteiger partial charge in [0, 0.05) is 37.3 Å². The van der Waals surface area contributed by atoms with Crippen LogP contribution in [-0.2, 0) is 11.3 Å². The molecule has 1 rings (SSSR count). The molecule has 1 aromatic heterocycles. The minimum atomic E-state index is -0.437. The van der Waals surface area contributed by atoms with Crippen LogP contribution in [0.25, 0.3) is 0 Å². The standard InChI is InChI=1S/C15H24N4O2/c1-4-15(2,3)14(20)19(9-7-13(16)18-21)11-12-6-5-8-17-10-12/h5-6,8,10,21H,4,7,9,11H2,1-3H3,(H2,16,18). The first-order chi connectivity index (χ1) is 9.90. The average Bonchev–Trinajstić information content (AvgIpc) is 2.51. The zero-order valence-electron chi connectivity index (χ0n) is 12.9. The van der Waals surface area contributed by atoms with E-state index in [-0.39, 0.29) is 11.7 Å². The number of pyridine rings is 1. The molecule has 0 saturated carbocycles. The summed E-state index contributed by atoms with van der Waals surface area (Å²) >= 11 is 0. The van der Waals surface area contributed by atoms with Crippen molar-refractivity contribution in [3.05, 3.63) is 30.1 Å². The Balaban J connectivity index is 2.86. The number of nitrogens with two attached hydrogens (primary N) is 1. The van der Waals surface area contributed by atoms with Crippen molar-refractivity contribution < 1.29 is 10.0 Å². The van der Waals surface area contributed by atoms with Gasteiger partial charge in [-0.1, -0.05) is 32.0 Å². The van der Waals surface area contributed by atoms with Crippen molar-refractivity contribution >= 4 is 11.7 Å². The van der Waals surface area contributed by atoms with Crippen LogP contribution >= 0.6 is 0 Å². The van der Waals surface area contributed by atoms with Crippen LogP contribution in [0.2, 0.25) is 0 Å². The van der Waals surface area contributed by atoms with Gasteiger partial charge in [-0.25, -0.2) is 0 Å². The largest absolute Gasteiger partial charge is 0.409 e. The van der Waals surface area contributed by atoms with E-state index in [1.807, 2.05) is 32.9 Å². The zero-order chi connectivity index (χ0) is 15.9. The van der Waals surface area contributed by atoms with Crippen LogP contribution in [0.15, 0.2) is 29.7 Å². The molecule has 0 saturated heterocycles. The highest BCUT2D eigenvalue weighted by atomic mass is 16.4. The molecule has 0 aliphatic carbocycles. The zero-order valence-corrected chi connectivity index (χ0v) is 12.9. The molecular weight excluding hydrogens is 268 g/mol. The molecule has 116 valence electrons. The van der Waals surface area contributed by atoms with Gasteiger partial charge in [-0.2, -0.15) is 0 Å². The van der Waals surface area contributed by atoms with Crippen molar-refractivity contribution in [2.24, 2.45) is 16.3 Å². The number of carbonyl (C=O) groups is 1. The maximum Gasteiger partial charge on any atom is 0.228 e. The highest BCUT2D eigenvalue weighted by molar-refractivity contribution is 5.83. The van der Waals surface area contributed by atoms with Crippen LogP contribution < -0.4 is 5.73 Å². The fourth-order valence-electron chi connectivity index (χ4n) is 1.84. The van der Waals surface area contributed by atoms with Crippen LogP contribution in [0.3, 0.4) is 0 Å². The van der Waals surface area contributed by atoms with Gasteiger partial charge in [0.25, 0.3) is 0 Å². The van der Waals surface area contributed by atoms with E-state index in [1.54, 1.807) is 17.3 Å². The smallest absolute Gasteiger partial charge is 0.228 e. The topological polar surface area (TPSA) is 91.8 Å². The molecule has 1 amide bonds. The number of hydrogen-bond acceptors (Lipinski definition) is 4. The summed E-state index contributed by atoms with van der Waals surface area (Å²) in [7, 11) is 0. The molecule has 0 radical (unpaired) electrons. The molecule has 0 spiro atoms. The molecule has 6 nitrogen and oxygen atoms in total. The van der Waals surface area contributed by atoms with E-state index in [0.717, 1.165) is 12.0 Å². The first-order valence-corrected chi connectivity index (χ1v) is 7.05. The third-order valence-corrected chi connectivity index (χ3v) is 3.61. The monoisotopic (exact) mass is 292 g/mol. The van der Waals surface area contributed by atoms with Crippen molar-refractivity contribution in [3.8, 4) is 0 Å². The summed E-state index contributed by atoms with van der Waals surface area (Å²) in [6.07, 6.45) is 4.52. The Morgan fingerprint density at radius 3 is 2.76 bits per heavy atom. The summed E-state index contributed by atoms with van der Waals surface area (Å²) in [6, 6.07) is 3.77. The molecule has 21 heavy (non-hydrogen) atoms. The molecule has 0 aliphatic rings. The third kappa shape index (κ3) is 5.06. The van der Waals surface area contributed by atoms with Gasteiger partial charge in [0.15, 0.2) is 0 Å². The maximum absolute atomic E-state index is 12.7. The van der Waals surface area contributed by atoms with Crippen molar-refractivity contribution in [3.63, 3.8) is 0 Å². The number of hydrogen-bond donors (Lipinski definition) is 2. The summed E-state index contributed by atoms with van der Waals surface area (Å²) in [5.41, 5.74) is 6.02. The molecule has 0 atom stereocenters. The summed E-state index contributed by atoms with van der Waals surface area (Å²) in [5, 5.41) is 11.6. The molecule has 0 unspecified atom stereocenters. The van der Waals surface area contributed by atoms with E-state index in [2.05, 4.69) is 10.1 Å². The number of nitrogens with zero attached hydrogens (tertiary/aromatic N) is 3. The predicted molar refractivity (Wildman–Crippen MR) is 81.8 cm³/mol. The van der Waals surface area contributed by atoms with Gasteiger partial charge in [-0.15, -0.1) is 0 Å². The normalized spacial score (nSPS) is 12.2. The fourth-order valence-corrected chi connectivity index (χ4v) is 1.84. The van der Waals surface area contributed by atoms with Crippen LogP contribution in [0.4, 0.5) is 0 Å². The van der Waals surface area contributed by atoms with E-state index in [0.29, 0.717) is 19.5 Å². The molecule has 0 aromatic carbocycles. The molecule has 0 aliphatic heterocycles. The van der Waals surface area contributed by atoms with Gasteiger partial charge in [0.05, 0.1) is 0 Å². The summed E-state index contributed by atoms with van der Waals surface area (Å²) < 4.78 is 0. The Hall–Kier alpha value is -2.11. The second kappa shape index (κ2) is 7.61. The molecular formula is C15H24N4O2. The third-order valence-electron chi connectivity index (χ3n) is 3.61. The van der Waals surface area contributed by atoms with Gasteiger partial charge in [-0.3, -0.25) is 9.78 Å². The van der Waals surface area contributed by atoms with E-state index in [1.165, 1.54) is 0 Å². The summed E-state index contributed by atoms with van der Waals surface area (Å²) in [4.78, 5) is 18.5. The van der Waals surface area contributed by atoms with Crippen LogP contribution in [-0.4, -0.2) is 33.4 Å². The van der Waals surface area contributed by atoms with E-state index in [4.69, 9.17) is 10.9 Å². The number of amidine groups is 1. The Bertz CT molecular complexity index is 486. The van der Waals surface area contributed by atoms with E-state index < -0.39 is 5.41 Å². The number of carbonyl (C=O) groups excluding carboxylic acids is 1. The molecule has 1 aromatic rings. The van der Waals surface area contributed by atoms with Crippen molar-refractivity contribution in [2.45, 2.75) is 40.2 Å². The lowest BCUT2D eigenvalue weighted by Crippen LogP contribution is -2.41. The summed E-state index contributed by atoms with van der Waals surface area (Å²) in [6.45, 7) is 6.72. The Kier molecular flexibility index (Phi) is 6.14. The van der Waals surface area contributed by atoms with Gasteiger partial charge in [0.1, 0.15) is 5.84 Å². The molecule has 1 heterocycles. The molecule has 0 bridgehead atoms. The van der Waals surface area contributed by atoms with Crippen LogP contribution in [0, 0.1) is 5.41 Å². The Labute approximate surface area is 125 Å². The Morgan fingerprint density at radius 1 is 1.52 bits per heavy atom.